The number of oxazole rings is 1. The molecular formula is C16H17N3O3. The number of amides is 2. The molecule has 2 aromatic rings. The quantitative estimate of drug-likeness (QED) is 0.848. The predicted molar refractivity (Wildman–Crippen MR) is 79.1 cm³/mol. The van der Waals surface area contributed by atoms with E-state index in [2.05, 4.69) is 4.98 Å². The van der Waals surface area contributed by atoms with Gasteiger partial charge in [-0.05, 0) is 31.0 Å². The molecule has 0 atom stereocenters. The maximum Gasteiger partial charge on any atom is 0.255 e. The minimum Gasteiger partial charge on any atom is -0.441 e. The lowest BCUT2D eigenvalue weighted by Gasteiger charge is -2.18. The predicted octanol–water partition coefficient (Wildman–Crippen LogP) is 1.79. The highest BCUT2D eigenvalue weighted by Gasteiger charge is 2.37. The normalized spacial score (nSPS) is 18.2. The molecule has 0 unspecified atom stereocenters. The third kappa shape index (κ3) is 2.24. The second-order valence-corrected chi connectivity index (χ2v) is 6.00. The summed E-state index contributed by atoms with van der Waals surface area (Å²) in [4.78, 5) is 32.4. The number of rotatable bonds is 2. The molecule has 0 radical (unpaired) electrons. The number of nitrogens with zero attached hydrogens (tertiary/aromatic N) is 3. The molecule has 1 aromatic carbocycles. The summed E-state index contributed by atoms with van der Waals surface area (Å²) in [5.74, 6) is 0.907. The molecule has 0 bridgehead atoms. The second kappa shape index (κ2) is 4.83. The van der Waals surface area contributed by atoms with Crippen molar-refractivity contribution in [2.24, 2.45) is 5.92 Å². The van der Waals surface area contributed by atoms with E-state index in [9.17, 15) is 9.59 Å². The standard InChI is InChI=1S/C16H17N3O3/c1-10-17-13-5-4-12(8-14(13)22-10)16(21)19-7-6-18(9-19)15(20)11-2-3-11/h4-5,8,11H,2-3,6-7,9H2,1H3. The first-order valence-corrected chi connectivity index (χ1v) is 7.57. The van der Waals surface area contributed by atoms with Gasteiger partial charge >= 0.3 is 0 Å². The number of hydrogen-bond acceptors (Lipinski definition) is 4. The second-order valence-electron chi connectivity index (χ2n) is 6.00. The first-order chi connectivity index (χ1) is 10.6. The highest BCUT2D eigenvalue weighted by atomic mass is 16.3. The van der Waals surface area contributed by atoms with Crippen molar-refractivity contribution in [3.63, 3.8) is 0 Å². The van der Waals surface area contributed by atoms with E-state index in [1.54, 1.807) is 34.9 Å². The molecule has 1 aromatic heterocycles. The van der Waals surface area contributed by atoms with Crippen molar-refractivity contribution in [3.8, 4) is 0 Å². The Morgan fingerprint density at radius 3 is 2.77 bits per heavy atom. The maximum atomic E-state index is 12.6. The maximum absolute atomic E-state index is 12.6. The average Bonchev–Trinajstić information content (AvgIpc) is 3.11. The van der Waals surface area contributed by atoms with Crippen LogP contribution in [0.5, 0.6) is 0 Å². The van der Waals surface area contributed by atoms with Gasteiger partial charge in [0.2, 0.25) is 5.91 Å². The van der Waals surface area contributed by atoms with Crippen molar-refractivity contribution in [3.05, 3.63) is 29.7 Å². The van der Waals surface area contributed by atoms with Crippen molar-refractivity contribution < 1.29 is 14.0 Å². The Balaban J connectivity index is 1.51. The first-order valence-electron chi connectivity index (χ1n) is 7.57. The van der Waals surface area contributed by atoms with Crippen LogP contribution in [0.1, 0.15) is 29.1 Å². The minimum absolute atomic E-state index is 0.0675. The van der Waals surface area contributed by atoms with Crippen molar-refractivity contribution >= 4 is 22.9 Å². The van der Waals surface area contributed by atoms with Crippen LogP contribution in [0, 0.1) is 12.8 Å². The molecule has 6 nitrogen and oxygen atoms in total. The number of aryl methyl sites for hydroxylation is 1. The number of carbonyl (C=O) groups is 2. The van der Waals surface area contributed by atoms with Crippen LogP contribution in [0.4, 0.5) is 0 Å². The van der Waals surface area contributed by atoms with E-state index in [0.29, 0.717) is 36.8 Å². The molecule has 0 spiro atoms. The summed E-state index contributed by atoms with van der Waals surface area (Å²) in [6.07, 6.45) is 1.98. The summed E-state index contributed by atoms with van der Waals surface area (Å²) >= 11 is 0. The fourth-order valence-electron chi connectivity index (χ4n) is 2.88. The van der Waals surface area contributed by atoms with E-state index in [4.69, 9.17) is 4.42 Å². The molecule has 1 aliphatic carbocycles. The lowest BCUT2D eigenvalue weighted by molar-refractivity contribution is -0.131. The van der Waals surface area contributed by atoms with Crippen LogP contribution in [0.2, 0.25) is 0 Å². The Bertz CT molecular complexity index is 763. The molecule has 0 N–H and O–H groups in total. The molecule has 2 heterocycles. The third-order valence-electron chi connectivity index (χ3n) is 4.25. The van der Waals surface area contributed by atoms with Crippen LogP contribution in [-0.2, 0) is 4.79 Å². The average molecular weight is 299 g/mol. The summed E-state index contributed by atoms with van der Waals surface area (Å²) < 4.78 is 5.47. The van der Waals surface area contributed by atoms with E-state index in [-0.39, 0.29) is 17.7 Å². The molecule has 4 rings (SSSR count). The van der Waals surface area contributed by atoms with Crippen LogP contribution in [0.3, 0.4) is 0 Å². The zero-order valence-electron chi connectivity index (χ0n) is 12.4. The van der Waals surface area contributed by atoms with Crippen LogP contribution < -0.4 is 0 Å². The van der Waals surface area contributed by atoms with E-state index >= 15 is 0 Å². The third-order valence-corrected chi connectivity index (χ3v) is 4.25. The topological polar surface area (TPSA) is 66.7 Å². The Hall–Kier alpha value is -2.37. The smallest absolute Gasteiger partial charge is 0.255 e. The van der Waals surface area contributed by atoms with E-state index in [1.165, 1.54) is 0 Å². The highest BCUT2D eigenvalue weighted by Crippen LogP contribution is 2.31. The van der Waals surface area contributed by atoms with E-state index in [0.717, 1.165) is 18.4 Å². The number of hydrogen-bond donors (Lipinski definition) is 0. The Morgan fingerprint density at radius 2 is 2.00 bits per heavy atom. The molecule has 1 aliphatic heterocycles. The van der Waals surface area contributed by atoms with Gasteiger partial charge in [-0.3, -0.25) is 9.59 Å². The van der Waals surface area contributed by atoms with E-state index < -0.39 is 0 Å². The van der Waals surface area contributed by atoms with Gasteiger partial charge in [0.1, 0.15) is 5.52 Å². The largest absolute Gasteiger partial charge is 0.441 e. The Kier molecular flexibility index (Phi) is 2.92. The SMILES string of the molecule is Cc1nc2ccc(C(=O)N3CCN(C(=O)C4CC4)C3)cc2o1. The van der Waals surface area contributed by atoms with Crippen LogP contribution >= 0.6 is 0 Å². The van der Waals surface area contributed by atoms with Gasteiger partial charge in [-0.1, -0.05) is 0 Å². The van der Waals surface area contributed by atoms with Crippen molar-refractivity contribution in [2.75, 3.05) is 19.8 Å². The van der Waals surface area contributed by atoms with Gasteiger partial charge in [-0.2, -0.15) is 0 Å². The van der Waals surface area contributed by atoms with Gasteiger partial charge in [-0.25, -0.2) is 4.98 Å². The van der Waals surface area contributed by atoms with Crippen molar-refractivity contribution in [1.29, 1.82) is 0 Å². The zero-order valence-corrected chi connectivity index (χ0v) is 12.4. The van der Waals surface area contributed by atoms with Crippen LogP contribution in [0.25, 0.3) is 11.1 Å². The van der Waals surface area contributed by atoms with Gasteiger partial charge in [0.05, 0.1) is 6.67 Å². The Labute approximate surface area is 127 Å². The summed E-state index contributed by atoms with van der Waals surface area (Å²) in [6, 6.07) is 5.28. The molecule has 114 valence electrons. The van der Waals surface area contributed by atoms with Gasteiger partial charge in [0, 0.05) is 31.5 Å². The van der Waals surface area contributed by atoms with Crippen molar-refractivity contribution in [1.82, 2.24) is 14.8 Å². The summed E-state index contributed by atoms with van der Waals surface area (Å²) in [6.45, 7) is 3.39. The van der Waals surface area contributed by atoms with E-state index in [1.807, 2.05) is 0 Å². The number of aromatic nitrogens is 1. The van der Waals surface area contributed by atoms with Gasteiger partial charge in [-0.15, -0.1) is 0 Å². The Morgan fingerprint density at radius 1 is 1.23 bits per heavy atom. The molecule has 2 amide bonds. The minimum atomic E-state index is -0.0675. The van der Waals surface area contributed by atoms with Crippen molar-refractivity contribution in [2.45, 2.75) is 19.8 Å². The van der Waals surface area contributed by atoms with Gasteiger partial charge in [0.15, 0.2) is 11.5 Å². The molecule has 22 heavy (non-hydrogen) atoms. The zero-order chi connectivity index (χ0) is 15.3. The molecule has 2 aliphatic rings. The summed E-state index contributed by atoms with van der Waals surface area (Å²) in [5, 5.41) is 0. The molecular weight excluding hydrogens is 282 g/mol. The number of fused-ring (bicyclic) bond motifs is 1. The highest BCUT2D eigenvalue weighted by molar-refractivity contribution is 5.97. The summed E-state index contributed by atoms with van der Waals surface area (Å²) in [7, 11) is 0. The first kappa shape index (κ1) is 13.3. The molecule has 1 saturated heterocycles. The van der Waals surface area contributed by atoms with Crippen LogP contribution in [0.15, 0.2) is 22.6 Å². The lowest BCUT2D eigenvalue weighted by Crippen LogP contribution is -2.34. The fourth-order valence-corrected chi connectivity index (χ4v) is 2.88. The molecule has 6 heteroatoms. The summed E-state index contributed by atoms with van der Waals surface area (Å²) in [5.41, 5.74) is 1.94. The van der Waals surface area contributed by atoms with Gasteiger partial charge in [0.25, 0.3) is 5.91 Å². The van der Waals surface area contributed by atoms with Gasteiger partial charge < -0.3 is 14.2 Å². The molecule has 2 fully saturated rings. The fraction of sp³-hybridized carbons (Fsp3) is 0.438. The molecule has 1 saturated carbocycles. The lowest BCUT2D eigenvalue weighted by atomic mass is 10.2. The number of carbonyl (C=O) groups excluding carboxylic acids is 2. The number of benzene rings is 1. The monoisotopic (exact) mass is 299 g/mol. The van der Waals surface area contributed by atoms with Crippen LogP contribution in [-0.4, -0.2) is 46.4 Å².